The van der Waals surface area contributed by atoms with Crippen molar-refractivity contribution >= 4 is 45.6 Å². The standard InChI is InChI=1S/C20H18N6O2S2/c1-3-8-25-18(28)13-6-4-5-7-15(13)26-19(25)23-24-20(26)30-11-16(27)14(9-21)17-22-12(2)10-29-17/h4-7,10,14H,3,8,11H2,1-2H3. The molecule has 1 aromatic carbocycles. The number of para-hydroxylation sites is 1. The van der Waals surface area contributed by atoms with Crippen molar-refractivity contribution in [2.45, 2.75) is 37.9 Å². The first-order valence-corrected chi connectivity index (χ1v) is 11.3. The molecule has 0 aliphatic rings. The van der Waals surface area contributed by atoms with Crippen LogP contribution < -0.4 is 5.56 Å². The van der Waals surface area contributed by atoms with Crippen molar-refractivity contribution in [2.24, 2.45) is 0 Å². The van der Waals surface area contributed by atoms with Crippen LogP contribution in [0.1, 0.15) is 30.0 Å². The number of aryl methyl sites for hydroxylation is 2. The highest BCUT2D eigenvalue weighted by molar-refractivity contribution is 7.99. The normalized spacial score (nSPS) is 12.3. The van der Waals surface area contributed by atoms with E-state index < -0.39 is 5.92 Å². The van der Waals surface area contributed by atoms with Crippen LogP contribution in [0.25, 0.3) is 16.7 Å². The predicted octanol–water partition coefficient (Wildman–Crippen LogP) is 3.19. The molecule has 3 heterocycles. The molecule has 0 N–H and O–H groups in total. The van der Waals surface area contributed by atoms with E-state index in [2.05, 4.69) is 21.3 Å². The fourth-order valence-corrected chi connectivity index (χ4v) is 4.95. The Morgan fingerprint density at radius 3 is 2.83 bits per heavy atom. The summed E-state index contributed by atoms with van der Waals surface area (Å²) in [7, 11) is 0. The Kier molecular flexibility index (Phi) is 5.65. The van der Waals surface area contributed by atoms with Crippen molar-refractivity contribution in [1.29, 1.82) is 5.26 Å². The Morgan fingerprint density at radius 2 is 2.13 bits per heavy atom. The van der Waals surface area contributed by atoms with Crippen molar-refractivity contribution in [3.63, 3.8) is 0 Å². The smallest absolute Gasteiger partial charge is 0.262 e. The first kappa shape index (κ1) is 20.3. The molecule has 4 aromatic rings. The van der Waals surface area contributed by atoms with Crippen LogP contribution in [0.5, 0.6) is 0 Å². The van der Waals surface area contributed by atoms with Crippen molar-refractivity contribution in [3.05, 3.63) is 50.7 Å². The molecule has 10 heteroatoms. The van der Waals surface area contributed by atoms with E-state index in [-0.39, 0.29) is 17.1 Å². The van der Waals surface area contributed by atoms with E-state index in [9.17, 15) is 14.9 Å². The molecule has 0 aliphatic carbocycles. The number of nitriles is 1. The van der Waals surface area contributed by atoms with E-state index >= 15 is 0 Å². The molecule has 1 unspecified atom stereocenters. The van der Waals surface area contributed by atoms with Crippen molar-refractivity contribution in [1.82, 2.24) is 24.1 Å². The Morgan fingerprint density at radius 1 is 1.33 bits per heavy atom. The lowest BCUT2D eigenvalue weighted by molar-refractivity contribution is -0.116. The number of aromatic nitrogens is 5. The zero-order chi connectivity index (χ0) is 21.3. The number of benzene rings is 1. The van der Waals surface area contributed by atoms with Crippen LogP contribution in [0.15, 0.2) is 39.6 Å². The largest absolute Gasteiger partial charge is 0.297 e. The summed E-state index contributed by atoms with van der Waals surface area (Å²) in [5.41, 5.74) is 1.38. The summed E-state index contributed by atoms with van der Waals surface area (Å²) in [5.74, 6) is -0.633. The number of ketones is 1. The fourth-order valence-electron chi connectivity index (χ4n) is 3.24. The third-order valence-corrected chi connectivity index (χ3v) is 6.58. The summed E-state index contributed by atoms with van der Waals surface area (Å²) in [6, 6.07) is 9.34. The maximum Gasteiger partial charge on any atom is 0.262 e. The second-order valence-corrected chi connectivity index (χ2v) is 8.57. The molecule has 0 saturated heterocycles. The fraction of sp³-hybridized carbons (Fsp3) is 0.300. The number of carbonyl (C=O) groups excluding carboxylic acids is 1. The van der Waals surface area contributed by atoms with Gasteiger partial charge in [0.15, 0.2) is 16.9 Å². The van der Waals surface area contributed by atoms with Gasteiger partial charge in [-0.2, -0.15) is 5.26 Å². The number of thiazole rings is 1. The number of Topliss-reactive ketones (excluding diaryl/α,β-unsaturated/α-hetero) is 1. The number of nitrogens with zero attached hydrogens (tertiary/aromatic N) is 6. The number of hydrogen-bond donors (Lipinski definition) is 0. The number of carbonyl (C=O) groups is 1. The van der Waals surface area contributed by atoms with Gasteiger partial charge < -0.3 is 0 Å². The van der Waals surface area contributed by atoms with Gasteiger partial charge in [0, 0.05) is 17.6 Å². The highest BCUT2D eigenvalue weighted by atomic mass is 32.2. The van der Waals surface area contributed by atoms with Gasteiger partial charge in [-0.1, -0.05) is 30.8 Å². The van der Waals surface area contributed by atoms with Gasteiger partial charge in [-0.25, -0.2) is 4.98 Å². The first-order valence-electron chi connectivity index (χ1n) is 9.39. The second-order valence-electron chi connectivity index (χ2n) is 6.74. The second kappa shape index (κ2) is 8.38. The number of rotatable bonds is 7. The minimum Gasteiger partial charge on any atom is -0.297 e. The summed E-state index contributed by atoms with van der Waals surface area (Å²) >= 11 is 2.52. The van der Waals surface area contributed by atoms with Gasteiger partial charge in [0.25, 0.3) is 5.56 Å². The van der Waals surface area contributed by atoms with E-state index in [1.807, 2.05) is 37.4 Å². The highest BCUT2D eigenvalue weighted by Gasteiger charge is 2.24. The highest BCUT2D eigenvalue weighted by Crippen LogP contribution is 2.26. The molecule has 1 atom stereocenters. The van der Waals surface area contributed by atoms with E-state index in [0.29, 0.717) is 33.4 Å². The summed E-state index contributed by atoms with van der Waals surface area (Å²) in [6.07, 6.45) is 0.777. The molecular weight excluding hydrogens is 420 g/mol. The third-order valence-electron chi connectivity index (χ3n) is 4.60. The summed E-state index contributed by atoms with van der Waals surface area (Å²) in [6.45, 7) is 4.34. The van der Waals surface area contributed by atoms with Gasteiger partial charge in [0.2, 0.25) is 5.78 Å². The van der Waals surface area contributed by atoms with Gasteiger partial charge in [0.1, 0.15) is 5.01 Å². The van der Waals surface area contributed by atoms with Crippen LogP contribution in [0.4, 0.5) is 0 Å². The van der Waals surface area contributed by atoms with Crippen molar-refractivity contribution in [2.75, 3.05) is 5.75 Å². The van der Waals surface area contributed by atoms with Crippen LogP contribution >= 0.6 is 23.1 Å². The minimum absolute atomic E-state index is 0.0544. The van der Waals surface area contributed by atoms with Gasteiger partial charge in [-0.3, -0.25) is 18.6 Å². The molecule has 0 spiro atoms. The van der Waals surface area contributed by atoms with Crippen LogP contribution in [0.2, 0.25) is 0 Å². The Labute approximate surface area is 180 Å². The molecule has 30 heavy (non-hydrogen) atoms. The van der Waals surface area contributed by atoms with Crippen molar-refractivity contribution < 1.29 is 4.79 Å². The molecule has 0 amide bonds. The van der Waals surface area contributed by atoms with Gasteiger partial charge in [-0.15, -0.1) is 21.5 Å². The molecule has 0 saturated carbocycles. The van der Waals surface area contributed by atoms with Crippen LogP contribution in [0.3, 0.4) is 0 Å². The van der Waals surface area contributed by atoms with Gasteiger partial charge in [0.05, 0.1) is 22.7 Å². The predicted molar refractivity (Wildman–Crippen MR) is 116 cm³/mol. The lowest BCUT2D eigenvalue weighted by atomic mass is 10.1. The Hall–Kier alpha value is -3.03. The summed E-state index contributed by atoms with van der Waals surface area (Å²) < 4.78 is 3.41. The Bertz CT molecular complexity index is 1350. The average molecular weight is 439 g/mol. The molecule has 0 radical (unpaired) electrons. The molecule has 3 aromatic heterocycles. The monoisotopic (exact) mass is 438 g/mol. The SMILES string of the molecule is CCCn1c(=O)c2ccccc2n2c(SCC(=O)C(C#N)c3nc(C)cs3)nnc12. The quantitative estimate of drug-likeness (QED) is 0.408. The topological polar surface area (TPSA) is 106 Å². The summed E-state index contributed by atoms with van der Waals surface area (Å²) in [5, 5.41) is 21.3. The van der Waals surface area contributed by atoms with E-state index in [0.717, 1.165) is 12.1 Å². The third kappa shape index (κ3) is 3.51. The van der Waals surface area contributed by atoms with Crippen molar-refractivity contribution in [3.8, 4) is 6.07 Å². The van der Waals surface area contributed by atoms with E-state index in [1.165, 1.54) is 23.1 Å². The van der Waals surface area contributed by atoms with Gasteiger partial charge >= 0.3 is 0 Å². The maximum atomic E-state index is 12.9. The summed E-state index contributed by atoms with van der Waals surface area (Å²) in [4.78, 5) is 29.9. The average Bonchev–Trinajstić information content (AvgIpc) is 3.36. The molecule has 8 nitrogen and oxygen atoms in total. The number of hydrogen-bond acceptors (Lipinski definition) is 8. The van der Waals surface area contributed by atoms with Crippen LogP contribution in [-0.2, 0) is 11.3 Å². The number of fused-ring (bicyclic) bond motifs is 3. The zero-order valence-corrected chi connectivity index (χ0v) is 18.0. The molecule has 4 rings (SSSR count). The maximum absolute atomic E-state index is 12.9. The van der Waals surface area contributed by atoms with E-state index in [4.69, 9.17) is 0 Å². The molecule has 0 fully saturated rings. The molecule has 152 valence electrons. The van der Waals surface area contributed by atoms with Crippen LogP contribution in [-0.4, -0.2) is 35.7 Å². The molecular formula is C20H18N6O2S2. The van der Waals surface area contributed by atoms with E-state index in [1.54, 1.807) is 15.0 Å². The van der Waals surface area contributed by atoms with Gasteiger partial charge in [-0.05, 0) is 25.5 Å². The zero-order valence-electron chi connectivity index (χ0n) is 16.4. The lowest BCUT2D eigenvalue weighted by Crippen LogP contribution is -2.23. The molecule has 0 bridgehead atoms. The molecule has 0 aliphatic heterocycles. The lowest BCUT2D eigenvalue weighted by Gasteiger charge is -2.10. The first-order chi connectivity index (χ1) is 14.5. The minimum atomic E-state index is -0.898. The van der Waals surface area contributed by atoms with Crippen LogP contribution in [0, 0.1) is 18.3 Å². The Balaban J connectivity index is 1.71. The number of thioether (sulfide) groups is 1.